The molecule has 1 saturated heterocycles. The SMILES string of the molecule is O=C(NC1CCNCC1)c1cc(Cl)ccc1O. The average molecular weight is 255 g/mol. The van der Waals surface area contributed by atoms with Gasteiger partial charge in [0.1, 0.15) is 5.75 Å². The van der Waals surface area contributed by atoms with E-state index in [0.717, 1.165) is 25.9 Å². The zero-order chi connectivity index (χ0) is 12.3. The predicted molar refractivity (Wildman–Crippen MR) is 66.5 cm³/mol. The van der Waals surface area contributed by atoms with E-state index in [0.29, 0.717) is 5.02 Å². The van der Waals surface area contributed by atoms with E-state index in [1.165, 1.54) is 12.1 Å². The number of benzene rings is 1. The summed E-state index contributed by atoms with van der Waals surface area (Å²) in [6.45, 7) is 1.82. The van der Waals surface area contributed by atoms with Crippen LogP contribution in [-0.2, 0) is 0 Å². The number of aromatic hydroxyl groups is 1. The van der Waals surface area contributed by atoms with Crippen LogP contribution in [0.1, 0.15) is 23.2 Å². The summed E-state index contributed by atoms with van der Waals surface area (Å²) in [7, 11) is 0. The second kappa shape index (κ2) is 5.38. The molecule has 0 spiro atoms. The first-order valence-corrected chi connectivity index (χ1v) is 6.04. The van der Waals surface area contributed by atoms with Crippen LogP contribution in [0.25, 0.3) is 0 Å². The maximum Gasteiger partial charge on any atom is 0.255 e. The molecule has 1 amide bonds. The minimum absolute atomic E-state index is 0.0409. The standard InChI is InChI=1S/C12H15ClN2O2/c13-8-1-2-11(16)10(7-8)12(17)15-9-3-5-14-6-4-9/h1-2,7,9,14,16H,3-6H2,(H,15,17). The number of phenolic OH excluding ortho intramolecular Hbond substituents is 1. The molecule has 0 unspecified atom stereocenters. The quantitative estimate of drug-likeness (QED) is 0.750. The van der Waals surface area contributed by atoms with Crippen molar-refractivity contribution in [2.75, 3.05) is 13.1 Å². The molecule has 0 aromatic heterocycles. The lowest BCUT2D eigenvalue weighted by molar-refractivity contribution is 0.0927. The van der Waals surface area contributed by atoms with Gasteiger partial charge in [0.05, 0.1) is 5.56 Å². The Morgan fingerprint density at radius 1 is 1.41 bits per heavy atom. The Bertz CT molecular complexity index is 417. The lowest BCUT2D eigenvalue weighted by atomic mass is 10.1. The summed E-state index contributed by atoms with van der Waals surface area (Å²) in [5.41, 5.74) is 0.232. The molecule has 5 heteroatoms. The molecule has 1 aromatic carbocycles. The number of carbonyl (C=O) groups is 1. The third kappa shape index (κ3) is 3.11. The van der Waals surface area contributed by atoms with Gasteiger partial charge in [0, 0.05) is 11.1 Å². The molecule has 0 saturated carbocycles. The van der Waals surface area contributed by atoms with Crippen molar-refractivity contribution in [2.45, 2.75) is 18.9 Å². The highest BCUT2D eigenvalue weighted by Crippen LogP contribution is 2.21. The van der Waals surface area contributed by atoms with Gasteiger partial charge in [-0.05, 0) is 44.1 Å². The summed E-state index contributed by atoms with van der Waals surface area (Å²) in [6, 6.07) is 4.63. The number of hydrogen-bond acceptors (Lipinski definition) is 3. The Morgan fingerprint density at radius 3 is 2.82 bits per heavy atom. The first kappa shape index (κ1) is 12.2. The molecular weight excluding hydrogens is 240 g/mol. The molecule has 0 aliphatic carbocycles. The van der Waals surface area contributed by atoms with Crippen LogP contribution in [-0.4, -0.2) is 30.1 Å². The van der Waals surface area contributed by atoms with Crippen LogP contribution >= 0.6 is 11.6 Å². The molecule has 1 heterocycles. The van der Waals surface area contributed by atoms with Gasteiger partial charge in [0.25, 0.3) is 5.91 Å². The summed E-state index contributed by atoms with van der Waals surface area (Å²) in [5.74, 6) is -0.308. The molecule has 2 rings (SSSR count). The summed E-state index contributed by atoms with van der Waals surface area (Å²) < 4.78 is 0. The Morgan fingerprint density at radius 2 is 2.12 bits per heavy atom. The molecule has 1 aromatic rings. The van der Waals surface area contributed by atoms with Crippen molar-refractivity contribution < 1.29 is 9.90 Å². The zero-order valence-electron chi connectivity index (χ0n) is 9.37. The number of hydrogen-bond donors (Lipinski definition) is 3. The fourth-order valence-electron chi connectivity index (χ4n) is 1.92. The Hall–Kier alpha value is -1.26. The number of piperidine rings is 1. The van der Waals surface area contributed by atoms with Crippen LogP contribution < -0.4 is 10.6 Å². The first-order chi connectivity index (χ1) is 8.16. The maximum absolute atomic E-state index is 11.9. The van der Waals surface area contributed by atoms with Crippen molar-refractivity contribution in [3.8, 4) is 5.75 Å². The predicted octanol–water partition coefficient (Wildman–Crippen LogP) is 1.53. The third-order valence-electron chi connectivity index (χ3n) is 2.88. The van der Waals surface area contributed by atoms with Crippen molar-refractivity contribution in [1.82, 2.24) is 10.6 Å². The van der Waals surface area contributed by atoms with Crippen molar-refractivity contribution in [1.29, 1.82) is 0 Å². The fraction of sp³-hybridized carbons (Fsp3) is 0.417. The topological polar surface area (TPSA) is 61.4 Å². The van der Waals surface area contributed by atoms with Gasteiger partial charge in [0.15, 0.2) is 0 Å². The van der Waals surface area contributed by atoms with Crippen LogP contribution in [0.15, 0.2) is 18.2 Å². The van der Waals surface area contributed by atoms with Crippen molar-refractivity contribution in [3.63, 3.8) is 0 Å². The fourth-order valence-corrected chi connectivity index (χ4v) is 2.09. The Balaban J connectivity index is 2.05. The second-order valence-electron chi connectivity index (χ2n) is 4.16. The van der Waals surface area contributed by atoms with E-state index in [-0.39, 0.29) is 23.3 Å². The molecule has 17 heavy (non-hydrogen) atoms. The molecule has 3 N–H and O–H groups in total. The van der Waals surface area contributed by atoms with Gasteiger partial charge in [-0.25, -0.2) is 0 Å². The second-order valence-corrected chi connectivity index (χ2v) is 4.60. The summed E-state index contributed by atoms with van der Waals surface area (Å²) in [6.07, 6.45) is 1.82. The number of phenols is 1. The van der Waals surface area contributed by atoms with Crippen LogP contribution in [0.3, 0.4) is 0 Å². The first-order valence-electron chi connectivity index (χ1n) is 5.67. The van der Waals surface area contributed by atoms with E-state index < -0.39 is 0 Å². The number of halogens is 1. The molecular formula is C12H15ClN2O2. The van der Waals surface area contributed by atoms with E-state index in [1.807, 2.05) is 0 Å². The maximum atomic E-state index is 11.9. The molecule has 1 fully saturated rings. The van der Waals surface area contributed by atoms with E-state index in [1.54, 1.807) is 6.07 Å². The van der Waals surface area contributed by atoms with Gasteiger partial charge in [-0.15, -0.1) is 0 Å². The molecule has 0 atom stereocenters. The number of amides is 1. The number of rotatable bonds is 2. The zero-order valence-corrected chi connectivity index (χ0v) is 10.1. The van der Waals surface area contributed by atoms with Crippen LogP contribution in [0.2, 0.25) is 5.02 Å². The number of nitrogens with one attached hydrogen (secondary N) is 2. The molecule has 4 nitrogen and oxygen atoms in total. The summed E-state index contributed by atoms with van der Waals surface area (Å²) in [4.78, 5) is 11.9. The average Bonchev–Trinajstić information content (AvgIpc) is 2.33. The van der Waals surface area contributed by atoms with Crippen molar-refractivity contribution >= 4 is 17.5 Å². The van der Waals surface area contributed by atoms with Gasteiger partial charge in [-0.3, -0.25) is 4.79 Å². The molecule has 0 bridgehead atoms. The molecule has 1 aliphatic rings. The van der Waals surface area contributed by atoms with Gasteiger partial charge >= 0.3 is 0 Å². The minimum Gasteiger partial charge on any atom is -0.507 e. The van der Waals surface area contributed by atoms with Crippen LogP contribution in [0, 0.1) is 0 Å². The molecule has 92 valence electrons. The minimum atomic E-state index is -0.267. The normalized spacial score (nSPS) is 16.8. The third-order valence-corrected chi connectivity index (χ3v) is 3.11. The van der Waals surface area contributed by atoms with E-state index in [2.05, 4.69) is 10.6 Å². The molecule has 0 radical (unpaired) electrons. The highest BCUT2D eigenvalue weighted by Gasteiger charge is 2.18. The van der Waals surface area contributed by atoms with E-state index >= 15 is 0 Å². The lowest BCUT2D eigenvalue weighted by Gasteiger charge is -2.23. The van der Waals surface area contributed by atoms with Gasteiger partial charge < -0.3 is 15.7 Å². The molecule has 1 aliphatic heterocycles. The lowest BCUT2D eigenvalue weighted by Crippen LogP contribution is -2.42. The monoisotopic (exact) mass is 254 g/mol. The highest BCUT2D eigenvalue weighted by atomic mass is 35.5. The Labute approximate surface area is 105 Å². The van der Waals surface area contributed by atoms with Crippen LogP contribution in [0.4, 0.5) is 0 Å². The number of carbonyl (C=O) groups excluding carboxylic acids is 1. The largest absolute Gasteiger partial charge is 0.507 e. The summed E-state index contributed by atoms with van der Waals surface area (Å²) >= 11 is 5.80. The van der Waals surface area contributed by atoms with E-state index in [9.17, 15) is 9.90 Å². The van der Waals surface area contributed by atoms with Crippen molar-refractivity contribution in [2.24, 2.45) is 0 Å². The van der Waals surface area contributed by atoms with Gasteiger partial charge in [0.2, 0.25) is 0 Å². The van der Waals surface area contributed by atoms with E-state index in [4.69, 9.17) is 11.6 Å². The summed E-state index contributed by atoms with van der Waals surface area (Å²) in [5, 5.41) is 16.2. The van der Waals surface area contributed by atoms with Gasteiger partial charge in [-0.1, -0.05) is 11.6 Å². The van der Waals surface area contributed by atoms with Crippen molar-refractivity contribution in [3.05, 3.63) is 28.8 Å². The van der Waals surface area contributed by atoms with Gasteiger partial charge in [-0.2, -0.15) is 0 Å². The highest BCUT2D eigenvalue weighted by molar-refractivity contribution is 6.31. The Kier molecular flexibility index (Phi) is 3.86. The van der Waals surface area contributed by atoms with Crippen LogP contribution in [0.5, 0.6) is 5.75 Å². The smallest absolute Gasteiger partial charge is 0.255 e.